The van der Waals surface area contributed by atoms with Gasteiger partial charge in [0.05, 0.1) is 16.1 Å². The molecule has 0 radical (unpaired) electrons. The molecule has 0 fully saturated rings. The number of anilines is 6. The zero-order valence-electron chi connectivity index (χ0n) is 40.7. The van der Waals surface area contributed by atoms with E-state index in [9.17, 15) is 0 Å². The summed E-state index contributed by atoms with van der Waals surface area (Å²) in [7, 11) is -2.92. The Morgan fingerprint density at radius 2 is 0.667 bits per heavy atom. The van der Waals surface area contributed by atoms with Crippen LogP contribution in [-0.2, 0) is 10.8 Å². The van der Waals surface area contributed by atoms with Crippen LogP contribution < -0.4 is 20.2 Å². The van der Waals surface area contributed by atoms with Crippen molar-refractivity contribution in [3.63, 3.8) is 0 Å². The molecule has 0 atom stereocenters. The van der Waals surface area contributed by atoms with Crippen LogP contribution in [0.15, 0.2) is 167 Å². The molecule has 10 aromatic rings. The lowest BCUT2D eigenvalue weighted by atomic mass is 9.87. The summed E-state index contributed by atoms with van der Waals surface area (Å²) in [5.74, 6) is 0. The van der Waals surface area contributed by atoms with Gasteiger partial charge in [0.1, 0.15) is 22.3 Å². The SMILES string of the molecule is CC(C)(C)c1ccc(N(c2ccc([Si](C)(C)C)cc2)c2ccc3cc4c(cc3c2)oc2cc3c(cc24)oc2cc(N(c4ccc(C(C)(C)C)cc4)c4ccc([Si](C)(C)C)cc4)ccc23)cc1. The zero-order chi connectivity index (χ0) is 46.5. The van der Waals surface area contributed by atoms with Crippen LogP contribution in [0.5, 0.6) is 0 Å². The maximum absolute atomic E-state index is 6.77. The lowest BCUT2D eigenvalue weighted by molar-refractivity contribution is 0.590. The van der Waals surface area contributed by atoms with Crippen LogP contribution in [0.25, 0.3) is 54.6 Å². The number of hydrogen-bond donors (Lipinski definition) is 0. The van der Waals surface area contributed by atoms with Crippen molar-refractivity contribution in [3.8, 4) is 0 Å². The fourth-order valence-electron chi connectivity index (χ4n) is 9.38. The van der Waals surface area contributed by atoms with Gasteiger partial charge in [0.15, 0.2) is 0 Å². The predicted octanol–water partition coefficient (Wildman–Crippen LogP) is 17.3. The second kappa shape index (κ2) is 15.6. The Hall–Kier alpha value is -6.35. The highest BCUT2D eigenvalue weighted by Crippen LogP contribution is 2.43. The molecule has 0 bridgehead atoms. The molecule has 0 N–H and O–H groups in total. The van der Waals surface area contributed by atoms with Crippen LogP contribution in [0.4, 0.5) is 34.1 Å². The Bertz CT molecular complexity index is 3180. The summed E-state index contributed by atoms with van der Waals surface area (Å²) in [6.45, 7) is 28.0. The average molecular weight is 899 g/mol. The first-order chi connectivity index (χ1) is 31.2. The van der Waals surface area contributed by atoms with E-state index in [-0.39, 0.29) is 10.8 Å². The number of fused-ring (bicyclic) bond motifs is 7. The highest BCUT2D eigenvalue weighted by molar-refractivity contribution is 6.89. The number of rotatable bonds is 8. The molecule has 10 rings (SSSR count). The van der Waals surface area contributed by atoms with Crippen LogP contribution in [0.1, 0.15) is 52.7 Å². The number of hydrogen-bond acceptors (Lipinski definition) is 4. The smallest absolute Gasteiger partial charge is 0.137 e. The first-order valence-electron chi connectivity index (χ1n) is 23.5. The minimum absolute atomic E-state index is 0.0685. The van der Waals surface area contributed by atoms with Gasteiger partial charge < -0.3 is 18.6 Å². The molecule has 0 saturated heterocycles. The molecule has 0 spiro atoms. The third kappa shape index (κ3) is 8.05. The van der Waals surface area contributed by atoms with Crippen molar-refractivity contribution in [1.29, 1.82) is 0 Å². The molecule has 0 amide bonds. The van der Waals surface area contributed by atoms with Gasteiger partial charge >= 0.3 is 0 Å². The molecule has 66 heavy (non-hydrogen) atoms. The molecular weight excluding hydrogens is 837 g/mol. The van der Waals surface area contributed by atoms with Crippen LogP contribution >= 0.6 is 0 Å². The summed E-state index contributed by atoms with van der Waals surface area (Å²) in [6.07, 6.45) is 0. The van der Waals surface area contributed by atoms with Crippen molar-refractivity contribution in [2.24, 2.45) is 0 Å². The maximum Gasteiger partial charge on any atom is 0.137 e. The van der Waals surface area contributed by atoms with Gasteiger partial charge in [-0.3, -0.25) is 0 Å². The van der Waals surface area contributed by atoms with Crippen molar-refractivity contribution >= 4 is 115 Å². The lowest BCUT2D eigenvalue weighted by Crippen LogP contribution is -2.37. The topological polar surface area (TPSA) is 32.8 Å². The van der Waals surface area contributed by atoms with E-state index in [1.165, 1.54) is 21.5 Å². The lowest BCUT2D eigenvalue weighted by Gasteiger charge is -2.28. The van der Waals surface area contributed by atoms with E-state index in [1.54, 1.807) is 0 Å². The molecule has 2 aromatic heterocycles. The average Bonchev–Trinajstić information content (AvgIpc) is 3.80. The van der Waals surface area contributed by atoms with Gasteiger partial charge in [0.25, 0.3) is 0 Å². The Labute approximate surface area is 392 Å². The first-order valence-corrected chi connectivity index (χ1v) is 30.5. The molecule has 6 heteroatoms. The zero-order valence-corrected chi connectivity index (χ0v) is 42.7. The van der Waals surface area contributed by atoms with Gasteiger partial charge in [-0.25, -0.2) is 0 Å². The number of benzene rings is 8. The highest BCUT2D eigenvalue weighted by Gasteiger charge is 2.23. The van der Waals surface area contributed by atoms with Crippen LogP contribution in [-0.4, -0.2) is 16.1 Å². The highest BCUT2D eigenvalue weighted by atomic mass is 28.3. The summed E-state index contributed by atoms with van der Waals surface area (Å²) < 4.78 is 13.5. The van der Waals surface area contributed by atoms with E-state index in [2.05, 4.69) is 248 Å². The van der Waals surface area contributed by atoms with Crippen molar-refractivity contribution in [2.45, 2.75) is 91.7 Å². The van der Waals surface area contributed by atoms with Gasteiger partial charge in [0.2, 0.25) is 0 Å². The van der Waals surface area contributed by atoms with Gasteiger partial charge in [-0.05, 0) is 130 Å². The largest absolute Gasteiger partial charge is 0.456 e. The van der Waals surface area contributed by atoms with Crippen LogP contribution in [0, 0.1) is 0 Å². The first kappa shape index (κ1) is 43.5. The Kier molecular flexibility index (Phi) is 10.3. The van der Waals surface area contributed by atoms with E-state index in [0.717, 1.165) is 88.8 Å². The molecule has 0 aliphatic carbocycles. The Morgan fingerprint density at radius 1 is 0.318 bits per heavy atom. The van der Waals surface area contributed by atoms with Gasteiger partial charge in [-0.15, -0.1) is 0 Å². The minimum Gasteiger partial charge on any atom is -0.456 e. The van der Waals surface area contributed by atoms with Crippen LogP contribution in [0.3, 0.4) is 0 Å². The summed E-state index contributed by atoms with van der Waals surface area (Å²) in [6, 6.07) is 58.7. The normalized spacial score (nSPS) is 12.8. The molecule has 0 saturated carbocycles. The van der Waals surface area contributed by atoms with Crippen molar-refractivity contribution in [2.75, 3.05) is 9.80 Å². The summed E-state index contributed by atoms with van der Waals surface area (Å²) >= 11 is 0. The molecule has 0 unspecified atom stereocenters. The van der Waals surface area contributed by atoms with Crippen molar-refractivity contribution < 1.29 is 8.83 Å². The Balaban J connectivity index is 1.04. The fourth-order valence-corrected chi connectivity index (χ4v) is 11.7. The van der Waals surface area contributed by atoms with Crippen molar-refractivity contribution in [3.05, 3.63) is 169 Å². The van der Waals surface area contributed by atoms with E-state index in [4.69, 9.17) is 8.83 Å². The molecule has 0 aliphatic heterocycles. The second-order valence-electron chi connectivity index (χ2n) is 22.5. The monoisotopic (exact) mass is 898 g/mol. The van der Waals surface area contributed by atoms with Gasteiger partial charge in [-0.2, -0.15) is 0 Å². The van der Waals surface area contributed by atoms with E-state index in [0.29, 0.717) is 0 Å². The van der Waals surface area contributed by atoms with Crippen molar-refractivity contribution in [1.82, 2.24) is 0 Å². The molecule has 2 heterocycles. The molecule has 4 nitrogen and oxygen atoms in total. The van der Waals surface area contributed by atoms with Gasteiger partial charge in [-0.1, -0.05) is 146 Å². The maximum atomic E-state index is 6.77. The molecular formula is C60H62N2O2Si2. The van der Waals surface area contributed by atoms with E-state index in [1.807, 2.05) is 0 Å². The molecule has 332 valence electrons. The predicted molar refractivity (Wildman–Crippen MR) is 291 cm³/mol. The van der Waals surface area contributed by atoms with Crippen LogP contribution in [0.2, 0.25) is 39.3 Å². The molecule has 8 aromatic carbocycles. The summed E-state index contributed by atoms with van der Waals surface area (Å²) in [4.78, 5) is 4.72. The summed E-state index contributed by atoms with van der Waals surface area (Å²) in [5, 5.41) is 9.43. The van der Waals surface area contributed by atoms with E-state index < -0.39 is 16.1 Å². The third-order valence-corrected chi connectivity index (χ3v) is 17.6. The number of furan rings is 2. The molecule has 0 aliphatic rings. The third-order valence-electron chi connectivity index (χ3n) is 13.5. The van der Waals surface area contributed by atoms with Gasteiger partial charge in [0, 0.05) is 61.7 Å². The van der Waals surface area contributed by atoms with E-state index >= 15 is 0 Å². The fraction of sp³-hybridized carbons (Fsp3) is 0.233. The minimum atomic E-state index is -1.46. The second-order valence-corrected chi connectivity index (χ2v) is 32.6. The quantitative estimate of drug-likeness (QED) is 0.142. The summed E-state index contributed by atoms with van der Waals surface area (Å²) in [5.41, 5.74) is 12.9. The number of nitrogens with zero attached hydrogens (tertiary/aromatic N) is 2. The standard InChI is InChI=1S/C60H62N2O2Si2/c1-59(2,3)41-14-19-43(20-15-41)61(45-23-28-49(29-24-45)65(7,8)9)47-18-13-39-34-52-54-38-57-53(37-58(54)63-55(52)35-40(39)33-47)51-32-27-48(36-56(51)64-57)62(44-21-16-42(17-22-44)60(4,5)6)46-25-30-50(31-26-46)66(10,11)12/h13-38H,1-12H3. The Morgan fingerprint density at radius 3 is 1.11 bits per heavy atom.